The van der Waals surface area contributed by atoms with Gasteiger partial charge in [0.15, 0.2) is 0 Å². The van der Waals surface area contributed by atoms with Crippen molar-refractivity contribution in [3.63, 3.8) is 0 Å². The Morgan fingerprint density at radius 1 is 0.907 bits per heavy atom. The van der Waals surface area contributed by atoms with E-state index in [4.69, 9.17) is 27.9 Å². The van der Waals surface area contributed by atoms with Crippen LogP contribution in [-0.2, 0) is 31.3 Å². The minimum absolute atomic E-state index is 0.0922. The molecule has 1 heterocycles. The number of rotatable bonds is 9. The molecule has 4 aromatic carbocycles. The molecular formula is C30H27Cl2N3O6S2. The van der Waals surface area contributed by atoms with Gasteiger partial charge in [0.25, 0.3) is 20.0 Å². The Hall–Kier alpha value is -3.77. The third kappa shape index (κ3) is 6.30. The minimum atomic E-state index is -4.28. The van der Waals surface area contributed by atoms with Crippen molar-refractivity contribution in [3.8, 4) is 5.75 Å². The van der Waals surface area contributed by atoms with Crippen LogP contribution in [0.25, 0.3) is 0 Å². The Bertz CT molecular complexity index is 1900. The van der Waals surface area contributed by atoms with Crippen molar-refractivity contribution in [1.29, 1.82) is 0 Å². The van der Waals surface area contributed by atoms with Gasteiger partial charge < -0.3 is 10.1 Å². The molecule has 0 aromatic heterocycles. The van der Waals surface area contributed by atoms with Gasteiger partial charge in [-0.1, -0.05) is 35.3 Å². The van der Waals surface area contributed by atoms with Crippen LogP contribution < -0.4 is 18.7 Å². The number of nitrogens with one attached hydrogen (secondary N) is 1. The lowest BCUT2D eigenvalue weighted by Crippen LogP contribution is -2.38. The molecule has 1 aliphatic rings. The molecule has 0 spiro atoms. The number of hydrogen-bond donors (Lipinski definition) is 1. The maximum Gasteiger partial charge on any atom is 0.268 e. The first-order chi connectivity index (χ1) is 20.4. The molecule has 4 aromatic rings. The van der Waals surface area contributed by atoms with Crippen LogP contribution in [0.4, 0.5) is 17.1 Å². The van der Waals surface area contributed by atoms with Crippen LogP contribution in [0.2, 0.25) is 10.0 Å². The summed E-state index contributed by atoms with van der Waals surface area (Å²) in [5.74, 6) is -0.513. The summed E-state index contributed by atoms with van der Waals surface area (Å²) in [5, 5.41) is 3.54. The van der Waals surface area contributed by atoms with Gasteiger partial charge in [0.1, 0.15) is 17.2 Å². The third-order valence-electron chi connectivity index (χ3n) is 6.91. The van der Waals surface area contributed by atoms with E-state index in [0.717, 1.165) is 9.87 Å². The molecule has 0 bridgehead atoms. The molecule has 1 aliphatic heterocycles. The zero-order chi connectivity index (χ0) is 30.9. The summed E-state index contributed by atoms with van der Waals surface area (Å²) in [7, 11) is -6.80. The zero-order valence-electron chi connectivity index (χ0n) is 23.1. The van der Waals surface area contributed by atoms with E-state index in [0.29, 0.717) is 33.4 Å². The van der Waals surface area contributed by atoms with Crippen LogP contribution in [0.5, 0.6) is 5.75 Å². The predicted octanol–water partition coefficient (Wildman–Crippen LogP) is 5.90. The molecule has 224 valence electrons. The minimum Gasteiger partial charge on any atom is -0.495 e. The highest BCUT2D eigenvalue weighted by atomic mass is 35.5. The van der Waals surface area contributed by atoms with Crippen molar-refractivity contribution in [1.82, 2.24) is 0 Å². The lowest BCUT2D eigenvalue weighted by Gasteiger charge is -2.25. The number of nitrogens with zero attached hydrogens (tertiary/aromatic N) is 2. The molecule has 0 unspecified atom stereocenters. The number of carbonyl (C=O) groups is 1. The Morgan fingerprint density at radius 3 is 2.21 bits per heavy atom. The number of aryl methyl sites for hydroxylation is 1. The van der Waals surface area contributed by atoms with Crippen molar-refractivity contribution >= 4 is 66.2 Å². The molecule has 0 saturated heterocycles. The van der Waals surface area contributed by atoms with E-state index in [1.54, 1.807) is 37.3 Å². The van der Waals surface area contributed by atoms with Crippen molar-refractivity contribution < 1.29 is 26.4 Å². The number of anilines is 3. The standard InChI is InChI=1S/C30H27Cl2N3O6S2/c1-20-3-14-28(41-2)29(17-20)43(39,40)35(25-10-5-22(31)6-11-25)19-30(36)33-24-9-4-21-15-16-34(27(21)18-24)42(37,38)26-12-7-23(32)8-13-26/h3-14,17-18H,15-16,19H2,1-2H3,(H,33,36). The monoisotopic (exact) mass is 659 g/mol. The van der Waals surface area contributed by atoms with Crippen LogP contribution in [0.1, 0.15) is 11.1 Å². The maximum atomic E-state index is 14.0. The van der Waals surface area contributed by atoms with Crippen LogP contribution in [-0.4, -0.2) is 42.9 Å². The van der Waals surface area contributed by atoms with E-state index in [1.807, 2.05) is 0 Å². The average Bonchev–Trinajstić information content (AvgIpc) is 3.41. The molecule has 0 saturated carbocycles. The molecule has 13 heteroatoms. The van der Waals surface area contributed by atoms with Crippen LogP contribution in [0.3, 0.4) is 0 Å². The first kappa shape index (κ1) is 30.7. The number of sulfonamides is 2. The molecule has 5 rings (SSSR count). The summed E-state index contributed by atoms with van der Waals surface area (Å²) in [6, 6.07) is 21.7. The summed E-state index contributed by atoms with van der Waals surface area (Å²) in [5.41, 5.74) is 2.45. The average molecular weight is 661 g/mol. The normalized spacial score (nSPS) is 13.0. The van der Waals surface area contributed by atoms with Crippen molar-refractivity contribution in [2.24, 2.45) is 0 Å². The van der Waals surface area contributed by atoms with E-state index in [-0.39, 0.29) is 27.8 Å². The van der Waals surface area contributed by atoms with E-state index in [2.05, 4.69) is 5.32 Å². The van der Waals surface area contributed by atoms with Crippen LogP contribution >= 0.6 is 23.2 Å². The Labute approximate surface area is 260 Å². The second kappa shape index (κ2) is 12.1. The molecule has 0 atom stereocenters. The number of amides is 1. The molecule has 1 N–H and O–H groups in total. The fourth-order valence-electron chi connectivity index (χ4n) is 4.77. The van der Waals surface area contributed by atoms with Gasteiger partial charge in [-0.05, 0) is 97.3 Å². The first-order valence-corrected chi connectivity index (χ1v) is 16.7. The topological polar surface area (TPSA) is 113 Å². The third-order valence-corrected chi connectivity index (χ3v) is 11.0. The summed E-state index contributed by atoms with van der Waals surface area (Å²) in [4.78, 5) is 13.4. The molecule has 0 aliphatic carbocycles. The number of ether oxygens (including phenoxy) is 1. The number of methoxy groups -OCH3 is 1. The second-order valence-electron chi connectivity index (χ2n) is 9.82. The van der Waals surface area contributed by atoms with Gasteiger partial charge in [-0.25, -0.2) is 16.8 Å². The summed E-state index contributed by atoms with van der Waals surface area (Å²) in [6.07, 6.45) is 0.497. The summed E-state index contributed by atoms with van der Waals surface area (Å²) < 4.78 is 62.3. The zero-order valence-corrected chi connectivity index (χ0v) is 26.3. The van der Waals surface area contributed by atoms with Gasteiger partial charge in [0.05, 0.1) is 23.4 Å². The number of benzene rings is 4. The second-order valence-corrected chi connectivity index (χ2v) is 14.4. The predicted molar refractivity (Wildman–Crippen MR) is 168 cm³/mol. The Kier molecular flexibility index (Phi) is 8.62. The Morgan fingerprint density at radius 2 is 1.56 bits per heavy atom. The fourth-order valence-corrected chi connectivity index (χ4v) is 8.18. The lowest BCUT2D eigenvalue weighted by molar-refractivity contribution is -0.114. The van der Waals surface area contributed by atoms with Crippen molar-refractivity contribution in [2.45, 2.75) is 23.1 Å². The molecular weight excluding hydrogens is 633 g/mol. The molecule has 0 fully saturated rings. The van der Waals surface area contributed by atoms with Gasteiger partial charge >= 0.3 is 0 Å². The lowest BCUT2D eigenvalue weighted by atomic mass is 10.1. The highest BCUT2D eigenvalue weighted by Crippen LogP contribution is 2.36. The van der Waals surface area contributed by atoms with Gasteiger partial charge in [-0.2, -0.15) is 0 Å². The van der Waals surface area contributed by atoms with Gasteiger partial charge in [-0.15, -0.1) is 0 Å². The number of carbonyl (C=O) groups excluding carboxylic acids is 1. The van der Waals surface area contributed by atoms with Crippen LogP contribution in [0, 0.1) is 6.92 Å². The van der Waals surface area contributed by atoms with Crippen LogP contribution in [0.15, 0.2) is 94.7 Å². The fraction of sp³-hybridized carbons (Fsp3) is 0.167. The van der Waals surface area contributed by atoms with Crippen molar-refractivity contribution in [2.75, 3.05) is 34.1 Å². The van der Waals surface area contributed by atoms with Gasteiger partial charge in [0, 0.05) is 22.3 Å². The summed E-state index contributed by atoms with van der Waals surface area (Å²) in [6.45, 7) is 1.41. The van der Waals surface area contributed by atoms with Gasteiger partial charge in [-0.3, -0.25) is 13.4 Å². The molecule has 43 heavy (non-hydrogen) atoms. The van der Waals surface area contributed by atoms with Crippen molar-refractivity contribution in [3.05, 3.63) is 106 Å². The van der Waals surface area contributed by atoms with E-state index < -0.39 is 32.5 Å². The maximum absolute atomic E-state index is 14.0. The van der Waals surface area contributed by atoms with E-state index >= 15 is 0 Å². The molecule has 9 nitrogen and oxygen atoms in total. The van der Waals surface area contributed by atoms with Gasteiger partial charge in [0.2, 0.25) is 5.91 Å². The number of hydrogen-bond acceptors (Lipinski definition) is 6. The van der Waals surface area contributed by atoms with E-state index in [9.17, 15) is 21.6 Å². The smallest absolute Gasteiger partial charge is 0.268 e. The summed E-state index contributed by atoms with van der Waals surface area (Å²) >= 11 is 12.0. The Balaban J connectivity index is 1.44. The highest BCUT2D eigenvalue weighted by molar-refractivity contribution is 7.93. The van der Waals surface area contributed by atoms with E-state index in [1.165, 1.54) is 66.0 Å². The SMILES string of the molecule is COc1ccc(C)cc1S(=O)(=O)N(CC(=O)Nc1ccc2c(c1)N(S(=O)(=O)c1ccc(Cl)cc1)CC2)c1ccc(Cl)cc1. The highest BCUT2D eigenvalue weighted by Gasteiger charge is 2.33. The largest absolute Gasteiger partial charge is 0.495 e. The first-order valence-electron chi connectivity index (χ1n) is 13.0. The number of fused-ring (bicyclic) bond motifs is 1. The molecule has 0 radical (unpaired) electrons. The molecule has 1 amide bonds. The quantitative estimate of drug-likeness (QED) is 0.240. The number of halogens is 2.